The lowest BCUT2D eigenvalue weighted by Crippen LogP contribution is -2.33. The average Bonchev–Trinajstić information content (AvgIpc) is 2.92. The molecule has 0 saturated heterocycles. The van der Waals surface area contributed by atoms with Crippen molar-refractivity contribution in [3.63, 3.8) is 0 Å². The van der Waals surface area contributed by atoms with Crippen LogP contribution in [0.3, 0.4) is 0 Å². The zero-order chi connectivity index (χ0) is 12.8. The number of hydrogen-bond donors (Lipinski definition) is 2. The van der Waals surface area contributed by atoms with E-state index in [4.69, 9.17) is 5.11 Å². The van der Waals surface area contributed by atoms with Crippen LogP contribution in [0, 0.1) is 0 Å². The van der Waals surface area contributed by atoms with E-state index >= 15 is 0 Å². The summed E-state index contributed by atoms with van der Waals surface area (Å²) in [4.78, 5) is 16.7. The predicted octanol–water partition coefficient (Wildman–Crippen LogP) is 1.65. The fourth-order valence-corrected chi connectivity index (χ4v) is 1.81. The number of nitrogens with zero attached hydrogens (tertiary/aromatic N) is 1. The number of carbonyl (C=O) groups is 1. The number of aromatic nitrogens is 1. The van der Waals surface area contributed by atoms with Gasteiger partial charge in [-0.2, -0.15) is 0 Å². The number of rotatable bonds is 5. The van der Waals surface area contributed by atoms with Crippen LogP contribution in [-0.4, -0.2) is 34.0 Å². The van der Waals surface area contributed by atoms with Crippen LogP contribution in [-0.2, 0) is 6.54 Å². The van der Waals surface area contributed by atoms with Gasteiger partial charge >= 0.3 is 0 Å². The van der Waals surface area contributed by atoms with E-state index in [9.17, 15) is 4.79 Å². The van der Waals surface area contributed by atoms with Crippen LogP contribution in [0.5, 0.6) is 0 Å². The summed E-state index contributed by atoms with van der Waals surface area (Å²) in [5.41, 5.74) is 1.59. The van der Waals surface area contributed by atoms with E-state index in [1.54, 1.807) is 23.2 Å². The highest BCUT2D eigenvalue weighted by molar-refractivity contribution is 5.92. The molecule has 1 aromatic carbocycles. The molecule has 0 unspecified atom stereocenters. The van der Waals surface area contributed by atoms with Crippen molar-refractivity contribution in [1.82, 2.24) is 9.88 Å². The normalized spacial score (nSPS) is 10.3. The van der Waals surface area contributed by atoms with Crippen molar-refractivity contribution in [1.29, 1.82) is 0 Å². The first-order chi connectivity index (χ1) is 8.81. The molecule has 0 spiro atoms. The van der Waals surface area contributed by atoms with Crippen molar-refractivity contribution >= 4 is 5.91 Å². The SMILES string of the molecule is O=C(c1ccc[nH]1)N(CCO)Cc1ccccc1. The van der Waals surface area contributed by atoms with Crippen LogP contribution in [0.2, 0.25) is 0 Å². The van der Waals surface area contributed by atoms with E-state index in [-0.39, 0.29) is 12.5 Å². The monoisotopic (exact) mass is 244 g/mol. The van der Waals surface area contributed by atoms with Crippen LogP contribution in [0.15, 0.2) is 48.7 Å². The van der Waals surface area contributed by atoms with Gasteiger partial charge in [0.15, 0.2) is 0 Å². The number of H-pyrrole nitrogens is 1. The third-order valence-electron chi connectivity index (χ3n) is 2.70. The third-order valence-corrected chi connectivity index (χ3v) is 2.70. The highest BCUT2D eigenvalue weighted by Gasteiger charge is 2.15. The van der Waals surface area contributed by atoms with Gasteiger partial charge in [0.25, 0.3) is 5.91 Å². The molecule has 4 heteroatoms. The lowest BCUT2D eigenvalue weighted by molar-refractivity contribution is 0.0702. The Balaban J connectivity index is 2.11. The summed E-state index contributed by atoms with van der Waals surface area (Å²) in [5, 5.41) is 9.06. The number of aliphatic hydroxyl groups is 1. The second kappa shape index (κ2) is 6.02. The minimum atomic E-state index is -0.0992. The topological polar surface area (TPSA) is 56.3 Å². The van der Waals surface area contributed by atoms with Gasteiger partial charge in [-0.25, -0.2) is 0 Å². The maximum Gasteiger partial charge on any atom is 0.270 e. The maximum atomic E-state index is 12.2. The Morgan fingerprint density at radius 2 is 1.94 bits per heavy atom. The van der Waals surface area contributed by atoms with Gasteiger partial charge in [0.05, 0.1) is 6.61 Å². The van der Waals surface area contributed by atoms with Crippen molar-refractivity contribution in [3.05, 3.63) is 59.9 Å². The number of benzene rings is 1. The molecule has 0 atom stereocenters. The van der Waals surface area contributed by atoms with Gasteiger partial charge in [0.2, 0.25) is 0 Å². The molecule has 2 N–H and O–H groups in total. The molecular formula is C14H16N2O2. The molecule has 18 heavy (non-hydrogen) atoms. The van der Waals surface area contributed by atoms with Crippen LogP contribution < -0.4 is 0 Å². The Hall–Kier alpha value is -2.07. The third kappa shape index (κ3) is 2.99. The van der Waals surface area contributed by atoms with Crippen LogP contribution in [0.1, 0.15) is 16.1 Å². The van der Waals surface area contributed by atoms with Crippen molar-refractivity contribution in [3.8, 4) is 0 Å². The Kier molecular flexibility index (Phi) is 4.15. The number of amides is 1. The molecular weight excluding hydrogens is 228 g/mol. The first-order valence-corrected chi connectivity index (χ1v) is 5.88. The van der Waals surface area contributed by atoms with Gasteiger partial charge in [0, 0.05) is 19.3 Å². The van der Waals surface area contributed by atoms with E-state index in [0.717, 1.165) is 5.56 Å². The molecule has 0 aliphatic heterocycles. The molecule has 0 bridgehead atoms. The van der Waals surface area contributed by atoms with E-state index < -0.39 is 0 Å². The van der Waals surface area contributed by atoms with E-state index in [0.29, 0.717) is 18.8 Å². The van der Waals surface area contributed by atoms with Crippen LogP contribution in [0.25, 0.3) is 0 Å². The van der Waals surface area contributed by atoms with Gasteiger partial charge in [-0.3, -0.25) is 4.79 Å². The quantitative estimate of drug-likeness (QED) is 0.840. The molecule has 2 rings (SSSR count). The first-order valence-electron chi connectivity index (χ1n) is 5.88. The molecule has 0 fully saturated rings. The molecule has 0 aliphatic carbocycles. The lowest BCUT2D eigenvalue weighted by atomic mass is 10.2. The Labute approximate surface area is 106 Å². The fourth-order valence-electron chi connectivity index (χ4n) is 1.81. The van der Waals surface area contributed by atoms with Crippen molar-refractivity contribution in [2.24, 2.45) is 0 Å². The highest BCUT2D eigenvalue weighted by Crippen LogP contribution is 2.08. The summed E-state index contributed by atoms with van der Waals surface area (Å²) in [6.45, 7) is 0.783. The molecule has 0 aliphatic rings. The summed E-state index contributed by atoms with van der Waals surface area (Å²) in [5.74, 6) is -0.0992. The second-order valence-electron chi connectivity index (χ2n) is 4.02. The Morgan fingerprint density at radius 1 is 1.17 bits per heavy atom. The molecule has 1 aromatic heterocycles. The van der Waals surface area contributed by atoms with Crippen LogP contribution in [0.4, 0.5) is 0 Å². The standard InChI is InChI=1S/C14H16N2O2/c17-10-9-16(11-12-5-2-1-3-6-12)14(18)13-7-4-8-15-13/h1-8,15,17H,9-11H2. The number of carbonyl (C=O) groups excluding carboxylic acids is 1. The van der Waals surface area contributed by atoms with Gasteiger partial charge in [-0.1, -0.05) is 30.3 Å². The van der Waals surface area contributed by atoms with Gasteiger partial charge in [-0.15, -0.1) is 0 Å². The summed E-state index contributed by atoms with van der Waals surface area (Å²) in [6.07, 6.45) is 1.72. The van der Waals surface area contributed by atoms with Crippen molar-refractivity contribution < 1.29 is 9.90 Å². The summed E-state index contributed by atoms with van der Waals surface area (Å²) in [7, 11) is 0. The fraction of sp³-hybridized carbons (Fsp3) is 0.214. The Morgan fingerprint density at radius 3 is 2.56 bits per heavy atom. The zero-order valence-corrected chi connectivity index (χ0v) is 10.0. The van der Waals surface area contributed by atoms with Gasteiger partial charge in [0.1, 0.15) is 5.69 Å². The van der Waals surface area contributed by atoms with Gasteiger partial charge in [-0.05, 0) is 17.7 Å². The minimum Gasteiger partial charge on any atom is -0.395 e. The lowest BCUT2D eigenvalue weighted by Gasteiger charge is -2.21. The maximum absolute atomic E-state index is 12.2. The van der Waals surface area contributed by atoms with Crippen molar-refractivity contribution in [2.45, 2.75) is 6.54 Å². The predicted molar refractivity (Wildman–Crippen MR) is 69.1 cm³/mol. The molecule has 4 nitrogen and oxygen atoms in total. The molecule has 1 heterocycles. The number of aliphatic hydroxyl groups excluding tert-OH is 1. The highest BCUT2D eigenvalue weighted by atomic mass is 16.3. The molecule has 0 saturated carbocycles. The molecule has 94 valence electrons. The van der Waals surface area contributed by atoms with Crippen LogP contribution >= 0.6 is 0 Å². The van der Waals surface area contributed by atoms with E-state index in [1.807, 2.05) is 30.3 Å². The van der Waals surface area contributed by atoms with E-state index in [2.05, 4.69) is 4.98 Å². The first kappa shape index (κ1) is 12.4. The average molecular weight is 244 g/mol. The molecule has 2 aromatic rings. The largest absolute Gasteiger partial charge is 0.395 e. The Bertz CT molecular complexity index is 480. The van der Waals surface area contributed by atoms with Crippen molar-refractivity contribution in [2.75, 3.05) is 13.2 Å². The smallest absolute Gasteiger partial charge is 0.270 e. The number of aromatic amines is 1. The van der Waals surface area contributed by atoms with Gasteiger partial charge < -0.3 is 15.0 Å². The molecule has 1 amide bonds. The molecule has 0 radical (unpaired) electrons. The summed E-state index contributed by atoms with van der Waals surface area (Å²) < 4.78 is 0. The van der Waals surface area contributed by atoms with E-state index in [1.165, 1.54) is 0 Å². The zero-order valence-electron chi connectivity index (χ0n) is 10.0. The summed E-state index contributed by atoms with van der Waals surface area (Å²) >= 11 is 0. The number of nitrogens with one attached hydrogen (secondary N) is 1. The number of hydrogen-bond acceptors (Lipinski definition) is 2. The summed E-state index contributed by atoms with van der Waals surface area (Å²) in [6, 6.07) is 13.3. The second-order valence-corrected chi connectivity index (χ2v) is 4.02. The minimum absolute atomic E-state index is 0.0424.